The molecule has 0 heterocycles. The molecule has 3 nitrogen and oxygen atoms in total. The summed E-state index contributed by atoms with van der Waals surface area (Å²) in [5.41, 5.74) is 0.763. The lowest BCUT2D eigenvalue weighted by atomic mass is 9.89. The second-order valence-corrected chi connectivity index (χ2v) is 3.40. The Hall–Kier alpha value is -1.25. The molecule has 66 valence electrons. The number of nitrogens with one attached hydrogen (secondary N) is 1. The normalized spacial score (nSPS) is 28.0. The molecule has 0 fully saturated rings. The van der Waals surface area contributed by atoms with Gasteiger partial charge in [-0.1, -0.05) is 23.8 Å². The van der Waals surface area contributed by atoms with Crippen molar-refractivity contribution in [3.63, 3.8) is 0 Å². The van der Waals surface area contributed by atoms with Crippen molar-refractivity contribution in [3.05, 3.63) is 23.8 Å². The summed E-state index contributed by atoms with van der Waals surface area (Å²) in [6.45, 7) is 3.86. The fourth-order valence-electron chi connectivity index (χ4n) is 1.45. The summed E-state index contributed by atoms with van der Waals surface area (Å²) in [4.78, 5) is 10.4. The van der Waals surface area contributed by atoms with Gasteiger partial charge in [-0.3, -0.25) is 0 Å². The number of allylic oxidation sites excluding steroid dienone is 2. The summed E-state index contributed by atoms with van der Waals surface area (Å²) < 4.78 is 0. The van der Waals surface area contributed by atoms with Crippen LogP contribution in [-0.4, -0.2) is 16.7 Å². The van der Waals surface area contributed by atoms with Gasteiger partial charge in [0.1, 0.15) is 0 Å². The predicted octanol–water partition coefficient (Wildman–Crippen LogP) is 1.92. The van der Waals surface area contributed by atoms with Gasteiger partial charge < -0.3 is 10.4 Å². The zero-order chi connectivity index (χ0) is 9.19. The van der Waals surface area contributed by atoms with E-state index in [9.17, 15) is 4.79 Å². The van der Waals surface area contributed by atoms with E-state index in [2.05, 4.69) is 5.32 Å². The van der Waals surface area contributed by atoms with E-state index >= 15 is 0 Å². The van der Waals surface area contributed by atoms with Crippen LogP contribution in [0.5, 0.6) is 0 Å². The molecule has 0 bridgehead atoms. The van der Waals surface area contributed by atoms with Crippen LogP contribution in [-0.2, 0) is 0 Å². The maximum absolute atomic E-state index is 10.4. The topological polar surface area (TPSA) is 49.3 Å². The fourth-order valence-corrected chi connectivity index (χ4v) is 1.45. The average Bonchev–Trinajstić information content (AvgIpc) is 1.82. The third kappa shape index (κ3) is 2.12. The Morgan fingerprint density at radius 1 is 1.75 bits per heavy atom. The van der Waals surface area contributed by atoms with Crippen molar-refractivity contribution >= 4 is 6.09 Å². The Morgan fingerprint density at radius 3 is 2.92 bits per heavy atom. The van der Waals surface area contributed by atoms with Crippen LogP contribution in [0.4, 0.5) is 4.79 Å². The first-order valence-electron chi connectivity index (χ1n) is 3.88. The van der Waals surface area contributed by atoms with Gasteiger partial charge in [0.2, 0.25) is 0 Å². The maximum Gasteiger partial charge on any atom is 0.405 e. The Kier molecular flexibility index (Phi) is 2.22. The molecule has 0 radical (unpaired) electrons. The molecule has 0 saturated carbocycles. The zero-order valence-corrected chi connectivity index (χ0v) is 7.29. The number of hydrogen-bond acceptors (Lipinski definition) is 1. The molecular weight excluding hydrogens is 154 g/mol. The first-order chi connectivity index (χ1) is 5.52. The van der Waals surface area contributed by atoms with E-state index in [1.165, 1.54) is 5.57 Å². The third-order valence-electron chi connectivity index (χ3n) is 1.88. The number of carbonyl (C=O) groups is 1. The molecule has 0 spiro atoms. The van der Waals surface area contributed by atoms with Gasteiger partial charge in [0.25, 0.3) is 0 Å². The average molecular weight is 167 g/mol. The SMILES string of the molecule is CC1=CC=CC(C)(NC(=O)O)C1. The zero-order valence-electron chi connectivity index (χ0n) is 7.29. The third-order valence-corrected chi connectivity index (χ3v) is 1.88. The van der Waals surface area contributed by atoms with Crippen molar-refractivity contribution in [2.75, 3.05) is 0 Å². The second kappa shape index (κ2) is 3.01. The van der Waals surface area contributed by atoms with E-state index in [0.717, 1.165) is 6.42 Å². The van der Waals surface area contributed by atoms with Crippen molar-refractivity contribution in [1.82, 2.24) is 5.32 Å². The quantitative estimate of drug-likeness (QED) is 0.626. The van der Waals surface area contributed by atoms with Crippen molar-refractivity contribution in [2.24, 2.45) is 0 Å². The van der Waals surface area contributed by atoms with Crippen molar-refractivity contribution in [3.8, 4) is 0 Å². The molecule has 0 saturated heterocycles. The highest BCUT2D eigenvalue weighted by molar-refractivity contribution is 5.66. The molecule has 1 aliphatic rings. The highest BCUT2D eigenvalue weighted by Gasteiger charge is 2.24. The maximum atomic E-state index is 10.4. The van der Waals surface area contributed by atoms with Gasteiger partial charge in [-0.15, -0.1) is 0 Å². The highest BCUT2D eigenvalue weighted by atomic mass is 16.4. The van der Waals surface area contributed by atoms with Crippen LogP contribution in [0.2, 0.25) is 0 Å². The smallest absolute Gasteiger partial charge is 0.405 e. The number of rotatable bonds is 1. The lowest BCUT2D eigenvalue weighted by Gasteiger charge is -2.28. The van der Waals surface area contributed by atoms with Gasteiger partial charge in [-0.25, -0.2) is 4.79 Å². The Morgan fingerprint density at radius 2 is 2.42 bits per heavy atom. The van der Waals surface area contributed by atoms with Gasteiger partial charge in [-0.2, -0.15) is 0 Å². The molecule has 0 aromatic heterocycles. The van der Waals surface area contributed by atoms with Gasteiger partial charge in [0.15, 0.2) is 0 Å². The summed E-state index contributed by atoms with van der Waals surface area (Å²) in [5, 5.41) is 11.0. The molecule has 1 rings (SSSR count). The largest absolute Gasteiger partial charge is 0.465 e. The van der Waals surface area contributed by atoms with E-state index in [0.29, 0.717) is 0 Å². The van der Waals surface area contributed by atoms with Crippen LogP contribution in [0.3, 0.4) is 0 Å². The van der Waals surface area contributed by atoms with Crippen LogP contribution in [0.15, 0.2) is 23.8 Å². The van der Waals surface area contributed by atoms with E-state index in [4.69, 9.17) is 5.11 Å². The lowest BCUT2D eigenvalue weighted by molar-refractivity contribution is 0.185. The van der Waals surface area contributed by atoms with Gasteiger partial charge >= 0.3 is 6.09 Å². The summed E-state index contributed by atoms with van der Waals surface area (Å²) in [6.07, 6.45) is 5.51. The number of carboxylic acid groups (broad SMARTS) is 1. The monoisotopic (exact) mass is 167 g/mol. The molecule has 3 heteroatoms. The molecule has 1 amide bonds. The van der Waals surface area contributed by atoms with E-state index < -0.39 is 11.6 Å². The summed E-state index contributed by atoms with van der Waals surface area (Å²) in [5.74, 6) is 0. The van der Waals surface area contributed by atoms with E-state index in [1.54, 1.807) is 0 Å². The highest BCUT2D eigenvalue weighted by Crippen LogP contribution is 2.21. The second-order valence-electron chi connectivity index (χ2n) is 3.40. The first-order valence-corrected chi connectivity index (χ1v) is 3.88. The predicted molar refractivity (Wildman–Crippen MR) is 47.1 cm³/mol. The molecule has 12 heavy (non-hydrogen) atoms. The van der Waals surface area contributed by atoms with Crippen LogP contribution in [0.25, 0.3) is 0 Å². The molecule has 1 unspecified atom stereocenters. The molecule has 0 aromatic carbocycles. The van der Waals surface area contributed by atoms with Crippen LogP contribution >= 0.6 is 0 Å². The number of hydrogen-bond donors (Lipinski definition) is 2. The molecule has 1 atom stereocenters. The van der Waals surface area contributed by atoms with Crippen molar-refractivity contribution in [1.29, 1.82) is 0 Å². The van der Waals surface area contributed by atoms with Crippen LogP contribution < -0.4 is 5.32 Å². The lowest BCUT2D eigenvalue weighted by Crippen LogP contribution is -2.44. The fraction of sp³-hybridized carbons (Fsp3) is 0.444. The standard InChI is InChI=1S/C9H13NO2/c1-7-4-3-5-9(2,6-7)10-8(11)12/h3-5,10H,6H2,1-2H3,(H,11,12). The first kappa shape index (κ1) is 8.84. The molecular formula is C9H13NO2. The number of amides is 1. The van der Waals surface area contributed by atoms with Gasteiger partial charge in [-0.05, 0) is 20.3 Å². The molecule has 2 N–H and O–H groups in total. The van der Waals surface area contributed by atoms with Crippen molar-refractivity contribution in [2.45, 2.75) is 25.8 Å². The Labute approximate surface area is 71.8 Å². The Balaban J connectivity index is 2.69. The summed E-state index contributed by atoms with van der Waals surface area (Å²) >= 11 is 0. The summed E-state index contributed by atoms with van der Waals surface area (Å²) in [7, 11) is 0. The van der Waals surface area contributed by atoms with E-state index in [-0.39, 0.29) is 0 Å². The van der Waals surface area contributed by atoms with Gasteiger partial charge in [0.05, 0.1) is 5.54 Å². The minimum Gasteiger partial charge on any atom is -0.465 e. The minimum atomic E-state index is -0.975. The minimum absolute atomic E-state index is 0.426. The molecule has 0 aliphatic heterocycles. The van der Waals surface area contributed by atoms with Crippen LogP contribution in [0.1, 0.15) is 20.3 Å². The molecule has 0 aromatic rings. The van der Waals surface area contributed by atoms with Crippen molar-refractivity contribution < 1.29 is 9.90 Å². The van der Waals surface area contributed by atoms with Crippen LogP contribution in [0, 0.1) is 0 Å². The summed E-state index contributed by atoms with van der Waals surface area (Å²) in [6, 6.07) is 0. The molecule has 1 aliphatic carbocycles. The van der Waals surface area contributed by atoms with Gasteiger partial charge in [0, 0.05) is 0 Å². The van der Waals surface area contributed by atoms with E-state index in [1.807, 2.05) is 32.1 Å². The Bertz CT molecular complexity index is 251.